The molecule has 6 heteroatoms. The molecule has 0 aliphatic heterocycles. The third kappa shape index (κ3) is 3.80. The Bertz CT molecular complexity index is 428. The summed E-state index contributed by atoms with van der Waals surface area (Å²) in [6, 6.07) is 6.65. The molecular formula is C10H16N2O3S. The Kier molecular flexibility index (Phi) is 4.28. The first-order chi connectivity index (χ1) is 7.44. The van der Waals surface area contributed by atoms with Crippen LogP contribution in [0.2, 0.25) is 0 Å². The number of hydrogen-bond acceptors (Lipinski definition) is 4. The molecule has 4 N–H and O–H groups in total. The van der Waals surface area contributed by atoms with Crippen molar-refractivity contribution in [1.82, 2.24) is 4.72 Å². The average Bonchev–Trinajstić information content (AvgIpc) is 2.27. The van der Waals surface area contributed by atoms with Crippen molar-refractivity contribution in [3.63, 3.8) is 0 Å². The van der Waals surface area contributed by atoms with Gasteiger partial charge in [0, 0.05) is 12.2 Å². The SMILES string of the molecule is CCS(=O)(=O)NCC(O)c1ccc(N)cc1. The summed E-state index contributed by atoms with van der Waals surface area (Å²) < 4.78 is 24.6. The van der Waals surface area contributed by atoms with E-state index in [-0.39, 0.29) is 12.3 Å². The first-order valence-electron chi connectivity index (χ1n) is 4.95. The number of hydrogen-bond donors (Lipinski definition) is 3. The van der Waals surface area contributed by atoms with Crippen LogP contribution in [0.5, 0.6) is 0 Å². The number of sulfonamides is 1. The van der Waals surface area contributed by atoms with Crippen molar-refractivity contribution >= 4 is 15.7 Å². The quantitative estimate of drug-likeness (QED) is 0.647. The van der Waals surface area contributed by atoms with Gasteiger partial charge in [0.25, 0.3) is 0 Å². The third-order valence-corrected chi connectivity index (χ3v) is 3.56. The molecule has 1 unspecified atom stereocenters. The molecule has 0 bridgehead atoms. The van der Waals surface area contributed by atoms with E-state index in [1.807, 2.05) is 0 Å². The molecule has 0 saturated carbocycles. The van der Waals surface area contributed by atoms with Gasteiger partial charge < -0.3 is 10.8 Å². The van der Waals surface area contributed by atoms with Gasteiger partial charge in [-0.05, 0) is 24.6 Å². The Labute approximate surface area is 95.3 Å². The monoisotopic (exact) mass is 244 g/mol. The highest BCUT2D eigenvalue weighted by Gasteiger charge is 2.11. The molecule has 1 aromatic carbocycles. The molecule has 0 aliphatic carbocycles. The summed E-state index contributed by atoms with van der Waals surface area (Å²) >= 11 is 0. The van der Waals surface area contributed by atoms with Crippen LogP contribution in [0.4, 0.5) is 5.69 Å². The minimum absolute atomic E-state index is 0.00145. The Balaban J connectivity index is 2.59. The van der Waals surface area contributed by atoms with Gasteiger partial charge in [-0.25, -0.2) is 13.1 Å². The van der Waals surface area contributed by atoms with Gasteiger partial charge in [0.15, 0.2) is 0 Å². The van der Waals surface area contributed by atoms with E-state index in [0.717, 1.165) is 0 Å². The Morgan fingerprint density at radius 1 is 1.38 bits per heavy atom. The summed E-state index contributed by atoms with van der Waals surface area (Å²) in [5.41, 5.74) is 6.73. The molecule has 0 spiro atoms. The van der Waals surface area contributed by atoms with Gasteiger partial charge in [-0.15, -0.1) is 0 Å². The molecule has 5 nitrogen and oxygen atoms in total. The number of nitrogens with one attached hydrogen (secondary N) is 1. The van der Waals surface area contributed by atoms with Crippen LogP contribution in [-0.4, -0.2) is 25.8 Å². The zero-order valence-corrected chi connectivity index (χ0v) is 9.87. The summed E-state index contributed by atoms with van der Waals surface area (Å²) in [4.78, 5) is 0. The minimum Gasteiger partial charge on any atom is -0.399 e. The average molecular weight is 244 g/mol. The maximum absolute atomic E-state index is 11.1. The van der Waals surface area contributed by atoms with Crippen LogP contribution in [0.3, 0.4) is 0 Å². The molecule has 1 atom stereocenters. The highest BCUT2D eigenvalue weighted by atomic mass is 32.2. The zero-order chi connectivity index (χ0) is 12.2. The molecule has 0 heterocycles. The fourth-order valence-electron chi connectivity index (χ4n) is 1.14. The van der Waals surface area contributed by atoms with Gasteiger partial charge in [-0.3, -0.25) is 0 Å². The Morgan fingerprint density at radius 3 is 2.44 bits per heavy atom. The fourth-order valence-corrected chi connectivity index (χ4v) is 1.76. The summed E-state index contributed by atoms with van der Waals surface area (Å²) in [6.07, 6.45) is -0.859. The second-order valence-electron chi connectivity index (χ2n) is 3.43. The first-order valence-corrected chi connectivity index (χ1v) is 6.60. The van der Waals surface area contributed by atoms with Crippen molar-refractivity contribution in [2.75, 3.05) is 18.0 Å². The molecular weight excluding hydrogens is 228 g/mol. The smallest absolute Gasteiger partial charge is 0.211 e. The van der Waals surface area contributed by atoms with Crippen molar-refractivity contribution < 1.29 is 13.5 Å². The standard InChI is InChI=1S/C10H16N2O3S/c1-2-16(14,15)12-7-10(13)8-3-5-9(11)6-4-8/h3-6,10,12-13H,2,7,11H2,1H3. The number of aliphatic hydroxyl groups excluding tert-OH is 1. The topological polar surface area (TPSA) is 92.4 Å². The maximum atomic E-state index is 11.1. The van der Waals surface area contributed by atoms with Crippen molar-refractivity contribution in [3.05, 3.63) is 29.8 Å². The molecule has 0 radical (unpaired) electrons. The minimum atomic E-state index is -3.27. The third-order valence-electron chi connectivity index (χ3n) is 2.20. The van der Waals surface area contributed by atoms with Gasteiger partial charge in [-0.2, -0.15) is 0 Å². The molecule has 1 rings (SSSR count). The van der Waals surface area contributed by atoms with Crippen molar-refractivity contribution in [2.24, 2.45) is 0 Å². The lowest BCUT2D eigenvalue weighted by molar-refractivity contribution is 0.182. The van der Waals surface area contributed by atoms with Crippen LogP contribution in [0.15, 0.2) is 24.3 Å². The summed E-state index contributed by atoms with van der Waals surface area (Å²) in [6.45, 7) is 1.51. The van der Waals surface area contributed by atoms with E-state index >= 15 is 0 Å². The largest absolute Gasteiger partial charge is 0.399 e. The van der Waals surface area contributed by atoms with Crippen LogP contribution in [-0.2, 0) is 10.0 Å². The Hall–Kier alpha value is -1.11. The highest BCUT2D eigenvalue weighted by molar-refractivity contribution is 7.89. The number of rotatable bonds is 5. The molecule has 0 amide bonds. The number of aliphatic hydroxyl groups is 1. The van der Waals surface area contributed by atoms with Crippen molar-refractivity contribution in [1.29, 1.82) is 0 Å². The van der Waals surface area contributed by atoms with E-state index < -0.39 is 16.1 Å². The van der Waals surface area contributed by atoms with Crippen LogP contribution >= 0.6 is 0 Å². The van der Waals surface area contributed by atoms with Gasteiger partial charge in [0.05, 0.1) is 11.9 Å². The molecule has 0 aromatic heterocycles. The highest BCUT2D eigenvalue weighted by Crippen LogP contribution is 2.13. The van der Waals surface area contributed by atoms with E-state index in [9.17, 15) is 13.5 Å². The predicted octanol–water partition coefficient (Wildman–Crippen LogP) is 0.241. The molecule has 0 aliphatic rings. The molecule has 1 aromatic rings. The van der Waals surface area contributed by atoms with Gasteiger partial charge in [-0.1, -0.05) is 12.1 Å². The molecule has 16 heavy (non-hydrogen) atoms. The summed E-state index contributed by atoms with van der Waals surface area (Å²) in [7, 11) is -3.27. The van der Waals surface area contributed by atoms with E-state index in [4.69, 9.17) is 5.73 Å². The van der Waals surface area contributed by atoms with E-state index in [0.29, 0.717) is 11.3 Å². The van der Waals surface area contributed by atoms with Crippen LogP contribution in [0, 0.1) is 0 Å². The van der Waals surface area contributed by atoms with Gasteiger partial charge in [0.2, 0.25) is 10.0 Å². The second kappa shape index (κ2) is 5.29. The van der Waals surface area contributed by atoms with Crippen LogP contribution in [0.25, 0.3) is 0 Å². The summed E-state index contributed by atoms with van der Waals surface area (Å²) in [5, 5.41) is 9.70. The van der Waals surface area contributed by atoms with Crippen molar-refractivity contribution in [2.45, 2.75) is 13.0 Å². The van der Waals surface area contributed by atoms with E-state index in [1.54, 1.807) is 24.3 Å². The van der Waals surface area contributed by atoms with E-state index in [2.05, 4.69) is 4.72 Å². The Morgan fingerprint density at radius 2 is 1.94 bits per heavy atom. The number of benzene rings is 1. The van der Waals surface area contributed by atoms with Crippen LogP contribution < -0.4 is 10.5 Å². The van der Waals surface area contributed by atoms with Gasteiger partial charge >= 0.3 is 0 Å². The number of nitrogens with two attached hydrogens (primary N) is 1. The van der Waals surface area contributed by atoms with Crippen LogP contribution in [0.1, 0.15) is 18.6 Å². The normalized spacial score (nSPS) is 13.6. The molecule has 90 valence electrons. The molecule has 0 saturated heterocycles. The second-order valence-corrected chi connectivity index (χ2v) is 5.53. The molecule has 0 fully saturated rings. The number of nitrogen functional groups attached to an aromatic ring is 1. The first kappa shape index (κ1) is 13.0. The fraction of sp³-hybridized carbons (Fsp3) is 0.400. The number of anilines is 1. The lowest BCUT2D eigenvalue weighted by Crippen LogP contribution is -2.29. The van der Waals surface area contributed by atoms with Crippen molar-refractivity contribution in [3.8, 4) is 0 Å². The lowest BCUT2D eigenvalue weighted by atomic mass is 10.1. The van der Waals surface area contributed by atoms with Gasteiger partial charge in [0.1, 0.15) is 0 Å². The van der Waals surface area contributed by atoms with E-state index in [1.165, 1.54) is 6.92 Å². The zero-order valence-electron chi connectivity index (χ0n) is 9.05. The summed E-state index contributed by atoms with van der Waals surface area (Å²) in [5.74, 6) is 0.00145. The lowest BCUT2D eigenvalue weighted by Gasteiger charge is -2.12. The maximum Gasteiger partial charge on any atom is 0.211 e. The predicted molar refractivity (Wildman–Crippen MR) is 63.3 cm³/mol.